The van der Waals surface area contributed by atoms with Crippen molar-refractivity contribution in [2.45, 2.75) is 58.5 Å². The molecular formula is C11H21N. The van der Waals surface area contributed by atoms with Gasteiger partial charge in [0.2, 0.25) is 0 Å². The van der Waals surface area contributed by atoms with Crippen LogP contribution in [0.15, 0.2) is 11.6 Å². The summed E-state index contributed by atoms with van der Waals surface area (Å²) >= 11 is 0. The molecule has 1 unspecified atom stereocenters. The van der Waals surface area contributed by atoms with Crippen LogP contribution in [0, 0.1) is 0 Å². The van der Waals surface area contributed by atoms with Crippen molar-refractivity contribution in [3.63, 3.8) is 0 Å². The number of nitrogens with one attached hydrogen (secondary N) is 1. The maximum absolute atomic E-state index is 3.60. The van der Waals surface area contributed by atoms with Crippen LogP contribution >= 0.6 is 0 Å². The van der Waals surface area contributed by atoms with E-state index in [4.69, 9.17) is 0 Å². The number of rotatable bonds is 2. The van der Waals surface area contributed by atoms with Crippen LogP contribution in [0.25, 0.3) is 0 Å². The van der Waals surface area contributed by atoms with Gasteiger partial charge in [0, 0.05) is 12.1 Å². The third kappa shape index (κ3) is 3.40. The standard InChI is InChI=1S/C11H21N/c1-9(2)12-11-6-4-5-10(3)7-8-11/h7,9,11-12H,4-6,8H2,1-3H3. The van der Waals surface area contributed by atoms with Crippen molar-refractivity contribution < 1.29 is 0 Å². The fraction of sp³-hybridized carbons (Fsp3) is 0.818. The zero-order valence-electron chi connectivity index (χ0n) is 8.56. The molecule has 0 aromatic carbocycles. The van der Waals surface area contributed by atoms with E-state index < -0.39 is 0 Å². The molecule has 1 heteroatoms. The first-order valence-electron chi connectivity index (χ1n) is 5.10. The summed E-state index contributed by atoms with van der Waals surface area (Å²) in [5, 5.41) is 3.60. The highest BCUT2D eigenvalue weighted by Gasteiger charge is 2.10. The third-order valence-electron chi connectivity index (χ3n) is 2.44. The van der Waals surface area contributed by atoms with Crippen molar-refractivity contribution in [2.75, 3.05) is 0 Å². The van der Waals surface area contributed by atoms with Crippen LogP contribution in [-0.2, 0) is 0 Å². The lowest BCUT2D eigenvalue weighted by Crippen LogP contribution is -2.33. The van der Waals surface area contributed by atoms with Crippen molar-refractivity contribution >= 4 is 0 Å². The van der Waals surface area contributed by atoms with Gasteiger partial charge in [-0.1, -0.05) is 25.5 Å². The topological polar surface area (TPSA) is 12.0 Å². The van der Waals surface area contributed by atoms with Gasteiger partial charge in [0.15, 0.2) is 0 Å². The molecule has 0 saturated heterocycles. The zero-order chi connectivity index (χ0) is 8.97. The second-order valence-corrected chi connectivity index (χ2v) is 4.20. The first-order valence-corrected chi connectivity index (χ1v) is 5.10. The summed E-state index contributed by atoms with van der Waals surface area (Å²) < 4.78 is 0. The lowest BCUT2D eigenvalue weighted by atomic mass is 10.1. The van der Waals surface area contributed by atoms with Gasteiger partial charge >= 0.3 is 0 Å². The van der Waals surface area contributed by atoms with Crippen LogP contribution in [0.4, 0.5) is 0 Å². The number of hydrogen-bond donors (Lipinski definition) is 1. The van der Waals surface area contributed by atoms with Gasteiger partial charge < -0.3 is 5.32 Å². The van der Waals surface area contributed by atoms with Crippen LogP contribution in [0.3, 0.4) is 0 Å². The molecule has 0 saturated carbocycles. The molecule has 0 aromatic rings. The van der Waals surface area contributed by atoms with Crippen LogP contribution in [0.2, 0.25) is 0 Å². The van der Waals surface area contributed by atoms with Gasteiger partial charge in [-0.15, -0.1) is 0 Å². The minimum Gasteiger partial charge on any atom is -0.311 e. The summed E-state index contributed by atoms with van der Waals surface area (Å²) in [5.41, 5.74) is 1.57. The van der Waals surface area contributed by atoms with E-state index in [1.54, 1.807) is 5.57 Å². The smallest absolute Gasteiger partial charge is 0.0104 e. The quantitative estimate of drug-likeness (QED) is 0.624. The molecule has 1 aliphatic rings. The minimum absolute atomic E-state index is 0.627. The summed E-state index contributed by atoms with van der Waals surface area (Å²) in [7, 11) is 0. The second-order valence-electron chi connectivity index (χ2n) is 4.20. The van der Waals surface area contributed by atoms with E-state index in [1.807, 2.05) is 0 Å². The van der Waals surface area contributed by atoms with Crippen molar-refractivity contribution in [2.24, 2.45) is 0 Å². The average molecular weight is 167 g/mol. The van der Waals surface area contributed by atoms with Gasteiger partial charge in [-0.2, -0.15) is 0 Å². The van der Waals surface area contributed by atoms with E-state index in [1.165, 1.54) is 25.7 Å². The monoisotopic (exact) mass is 167 g/mol. The van der Waals surface area contributed by atoms with Gasteiger partial charge in [-0.05, 0) is 32.6 Å². The van der Waals surface area contributed by atoms with Crippen LogP contribution in [0.5, 0.6) is 0 Å². The molecule has 1 atom stereocenters. The van der Waals surface area contributed by atoms with Crippen molar-refractivity contribution in [3.8, 4) is 0 Å². The Bertz CT molecular complexity index is 158. The largest absolute Gasteiger partial charge is 0.311 e. The van der Waals surface area contributed by atoms with Crippen molar-refractivity contribution in [3.05, 3.63) is 11.6 Å². The van der Waals surface area contributed by atoms with Crippen molar-refractivity contribution in [1.82, 2.24) is 5.32 Å². The molecule has 0 aliphatic heterocycles. The first kappa shape index (κ1) is 9.79. The second kappa shape index (κ2) is 4.66. The number of allylic oxidation sites excluding steroid dienone is 1. The Kier molecular flexibility index (Phi) is 3.80. The Morgan fingerprint density at radius 2 is 2.25 bits per heavy atom. The van der Waals surface area contributed by atoms with E-state index >= 15 is 0 Å². The Balaban J connectivity index is 2.36. The lowest BCUT2D eigenvalue weighted by molar-refractivity contribution is 0.438. The molecular weight excluding hydrogens is 146 g/mol. The molecule has 0 fully saturated rings. The summed E-state index contributed by atoms with van der Waals surface area (Å²) in [5.74, 6) is 0. The molecule has 1 N–H and O–H groups in total. The maximum atomic E-state index is 3.60. The predicted octanol–water partition coefficient (Wildman–Crippen LogP) is 2.87. The van der Waals surface area contributed by atoms with Crippen LogP contribution in [-0.4, -0.2) is 12.1 Å². The van der Waals surface area contributed by atoms with E-state index in [0.717, 1.165) is 6.04 Å². The molecule has 0 spiro atoms. The average Bonchev–Trinajstić information content (AvgIpc) is 2.15. The van der Waals surface area contributed by atoms with E-state index in [2.05, 4.69) is 32.2 Å². The molecule has 0 amide bonds. The summed E-state index contributed by atoms with van der Waals surface area (Å²) in [6, 6.07) is 1.35. The SMILES string of the molecule is CC1=CCC(NC(C)C)CCC1. The highest BCUT2D eigenvalue weighted by atomic mass is 14.9. The highest BCUT2D eigenvalue weighted by Crippen LogP contribution is 2.17. The summed E-state index contributed by atoms with van der Waals surface area (Å²) in [4.78, 5) is 0. The Morgan fingerprint density at radius 1 is 1.50 bits per heavy atom. The molecule has 70 valence electrons. The van der Waals surface area contributed by atoms with Crippen LogP contribution < -0.4 is 5.32 Å². The first-order chi connectivity index (χ1) is 5.68. The molecule has 1 nitrogen and oxygen atoms in total. The molecule has 0 heterocycles. The normalized spacial score (nSPS) is 25.3. The molecule has 0 radical (unpaired) electrons. The maximum Gasteiger partial charge on any atom is 0.0104 e. The third-order valence-corrected chi connectivity index (χ3v) is 2.44. The van der Waals surface area contributed by atoms with Crippen LogP contribution in [0.1, 0.15) is 46.5 Å². The highest BCUT2D eigenvalue weighted by molar-refractivity contribution is 5.02. The fourth-order valence-corrected chi connectivity index (χ4v) is 1.81. The molecule has 1 rings (SSSR count). The fourth-order valence-electron chi connectivity index (χ4n) is 1.81. The Hall–Kier alpha value is -0.300. The zero-order valence-corrected chi connectivity index (χ0v) is 8.56. The van der Waals surface area contributed by atoms with E-state index in [-0.39, 0.29) is 0 Å². The number of hydrogen-bond acceptors (Lipinski definition) is 1. The molecule has 1 aliphatic carbocycles. The summed E-state index contributed by atoms with van der Waals surface area (Å²) in [6.45, 7) is 6.70. The van der Waals surface area contributed by atoms with Gasteiger partial charge in [-0.25, -0.2) is 0 Å². The lowest BCUT2D eigenvalue weighted by Gasteiger charge is -2.18. The summed E-state index contributed by atoms with van der Waals surface area (Å²) in [6.07, 6.45) is 7.62. The molecule has 12 heavy (non-hydrogen) atoms. The van der Waals surface area contributed by atoms with E-state index in [9.17, 15) is 0 Å². The Labute approximate surface area is 76.2 Å². The minimum atomic E-state index is 0.627. The van der Waals surface area contributed by atoms with Gasteiger partial charge in [-0.3, -0.25) is 0 Å². The van der Waals surface area contributed by atoms with E-state index in [0.29, 0.717) is 6.04 Å². The van der Waals surface area contributed by atoms with Gasteiger partial charge in [0.25, 0.3) is 0 Å². The van der Waals surface area contributed by atoms with Crippen molar-refractivity contribution in [1.29, 1.82) is 0 Å². The predicted molar refractivity (Wildman–Crippen MR) is 54.3 cm³/mol. The Morgan fingerprint density at radius 3 is 2.92 bits per heavy atom. The van der Waals surface area contributed by atoms with Gasteiger partial charge in [0.1, 0.15) is 0 Å². The molecule has 0 aromatic heterocycles. The van der Waals surface area contributed by atoms with Gasteiger partial charge in [0.05, 0.1) is 0 Å². The molecule has 0 bridgehead atoms.